The molecule has 0 spiro atoms. The number of halogens is 3. The molecular formula is C11H8F3N3. The minimum absolute atomic E-state index is 0.0633. The monoisotopic (exact) mass is 239 g/mol. The summed E-state index contributed by atoms with van der Waals surface area (Å²) >= 11 is 0. The molecule has 1 aromatic carbocycles. The van der Waals surface area contributed by atoms with Crippen molar-refractivity contribution in [2.24, 2.45) is 5.11 Å². The van der Waals surface area contributed by atoms with E-state index in [1.807, 2.05) is 0 Å². The second kappa shape index (κ2) is 5.28. The van der Waals surface area contributed by atoms with E-state index in [1.165, 1.54) is 19.1 Å². The highest BCUT2D eigenvalue weighted by atomic mass is 19.4. The van der Waals surface area contributed by atoms with E-state index in [1.54, 1.807) is 0 Å². The van der Waals surface area contributed by atoms with Crippen LogP contribution in [0.15, 0.2) is 23.3 Å². The summed E-state index contributed by atoms with van der Waals surface area (Å²) in [5, 5.41) is 3.17. The van der Waals surface area contributed by atoms with Crippen molar-refractivity contribution in [1.82, 2.24) is 0 Å². The quantitative estimate of drug-likeness (QED) is 0.310. The molecule has 1 aromatic rings. The Morgan fingerprint density at radius 1 is 1.41 bits per heavy atom. The molecule has 0 amide bonds. The lowest BCUT2D eigenvalue weighted by molar-refractivity contribution is -0.138. The first-order valence-corrected chi connectivity index (χ1v) is 4.63. The third-order valence-electron chi connectivity index (χ3n) is 2.08. The minimum Gasteiger partial charge on any atom is -0.166 e. The highest BCUT2D eigenvalue weighted by Crippen LogP contribution is 2.32. The summed E-state index contributed by atoms with van der Waals surface area (Å²) in [6, 6.07) is 3.80. The average molecular weight is 239 g/mol. The van der Waals surface area contributed by atoms with E-state index in [0.29, 0.717) is 0 Å². The predicted molar refractivity (Wildman–Crippen MR) is 57.1 cm³/mol. The Labute approximate surface area is 95.9 Å². The first kappa shape index (κ1) is 12.9. The summed E-state index contributed by atoms with van der Waals surface area (Å²) < 4.78 is 37.7. The van der Waals surface area contributed by atoms with E-state index in [-0.39, 0.29) is 17.7 Å². The maximum Gasteiger partial charge on any atom is 0.416 e. The normalized spacial score (nSPS) is 10.1. The van der Waals surface area contributed by atoms with E-state index in [0.717, 1.165) is 6.07 Å². The Bertz CT molecular complexity index is 517. The van der Waals surface area contributed by atoms with Crippen molar-refractivity contribution in [1.29, 1.82) is 0 Å². The summed E-state index contributed by atoms with van der Waals surface area (Å²) in [6.07, 6.45) is -4.38. The maximum absolute atomic E-state index is 12.6. The molecule has 0 aliphatic carbocycles. The molecule has 0 atom stereocenters. The fourth-order valence-corrected chi connectivity index (χ4v) is 1.28. The van der Waals surface area contributed by atoms with Crippen LogP contribution in [0.2, 0.25) is 0 Å². The second-order valence-electron chi connectivity index (χ2n) is 3.17. The van der Waals surface area contributed by atoms with Gasteiger partial charge in [0.05, 0.1) is 12.1 Å². The van der Waals surface area contributed by atoms with Crippen molar-refractivity contribution >= 4 is 0 Å². The minimum atomic E-state index is -4.38. The molecule has 0 N–H and O–H groups in total. The largest absolute Gasteiger partial charge is 0.416 e. The number of azide groups is 1. The molecule has 1 rings (SSSR count). The van der Waals surface area contributed by atoms with Gasteiger partial charge in [-0.2, -0.15) is 13.2 Å². The van der Waals surface area contributed by atoms with Crippen LogP contribution in [0.25, 0.3) is 10.4 Å². The third-order valence-corrected chi connectivity index (χ3v) is 2.08. The molecule has 0 saturated carbocycles. The summed E-state index contributed by atoms with van der Waals surface area (Å²) in [4.78, 5) is 2.49. The van der Waals surface area contributed by atoms with Gasteiger partial charge in [0.1, 0.15) is 0 Å². The Morgan fingerprint density at radius 3 is 2.71 bits per heavy atom. The fourth-order valence-electron chi connectivity index (χ4n) is 1.28. The molecular weight excluding hydrogens is 231 g/mol. The van der Waals surface area contributed by atoms with Crippen molar-refractivity contribution in [3.8, 4) is 11.8 Å². The highest BCUT2D eigenvalue weighted by molar-refractivity contribution is 5.45. The smallest absolute Gasteiger partial charge is 0.166 e. The van der Waals surface area contributed by atoms with Crippen molar-refractivity contribution < 1.29 is 13.2 Å². The van der Waals surface area contributed by atoms with Crippen LogP contribution in [-0.2, 0) is 6.18 Å². The van der Waals surface area contributed by atoms with Crippen LogP contribution >= 0.6 is 0 Å². The van der Waals surface area contributed by atoms with Gasteiger partial charge in [0, 0.05) is 10.5 Å². The number of hydrogen-bond acceptors (Lipinski definition) is 1. The van der Waals surface area contributed by atoms with Crippen molar-refractivity contribution in [3.05, 3.63) is 45.3 Å². The van der Waals surface area contributed by atoms with Crippen LogP contribution in [-0.4, -0.2) is 6.54 Å². The number of rotatable bonds is 1. The molecule has 0 bridgehead atoms. The topological polar surface area (TPSA) is 48.8 Å². The molecule has 3 nitrogen and oxygen atoms in total. The number of nitrogens with zero attached hydrogens (tertiary/aromatic N) is 3. The van der Waals surface area contributed by atoms with Gasteiger partial charge in [-0.15, -0.1) is 0 Å². The lowest BCUT2D eigenvalue weighted by Crippen LogP contribution is -2.08. The number of benzene rings is 1. The predicted octanol–water partition coefficient (Wildman–Crippen LogP) is 3.68. The molecule has 0 aliphatic heterocycles. The van der Waals surface area contributed by atoms with E-state index in [4.69, 9.17) is 5.53 Å². The molecule has 0 aromatic heterocycles. The van der Waals surface area contributed by atoms with Gasteiger partial charge in [-0.05, 0) is 30.2 Å². The molecule has 0 fully saturated rings. The van der Waals surface area contributed by atoms with Crippen LogP contribution in [0.4, 0.5) is 13.2 Å². The van der Waals surface area contributed by atoms with E-state index in [9.17, 15) is 13.2 Å². The molecule has 0 aliphatic rings. The lowest BCUT2D eigenvalue weighted by atomic mass is 10.0. The fraction of sp³-hybridized carbons (Fsp3) is 0.273. The SMILES string of the molecule is Cc1c(C#CCN=[N+]=[N-])cccc1C(F)(F)F. The Hall–Kier alpha value is -2.12. The molecule has 0 radical (unpaired) electrons. The zero-order valence-corrected chi connectivity index (χ0v) is 8.91. The van der Waals surface area contributed by atoms with E-state index < -0.39 is 11.7 Å². The number of alkyl halides is 3. The van der Waals surface area contributed by atoms with Gasteiger partial charge in [0.2, 0.25) is 0 Å². The summed E-state index contributed by atoms with van der Waals surface area (Å²) in [7, 11) is 0. The van der Waals surface area contributed by atoms with Crippen molar-refractivity contribution in [2.75, 3.05) is 6.54 Å². The Kier molecular flexibility index (Phi) is 4.02. The van der Waals surface area contributed by atoms with Crippen LogP contribution in [0, 0.1) is 18.8 Å². The van der Waals surface area contributed by atoms with E-state index >= 15 is 0 Å². The first-order chi connectivity index (χ1) is 7.96. The average Bonchev–Trinajstić information content (AvgIpc) is 2.25. The van der Waals surface area contributed by atoms with Crippen molar-refractivity contribution in [3.63, 3.8) is 0 Å². The van der Waals surface area contributed by atoms with Gasteiger partial charge >= 0.3 is 6.18 Å². The molecule has 88 valence electrons. The first-order valence-electron chi connectivity index (χ1n) is 4.63. The zero-order chi connectivity index (χ0) is 12.9. The number of hydrogen-bond donors (Lipinski definition) is 0. The van der Waals surface area contributed by atoms with Gasteiger partial charge in [-0.25, -0.2) is 0 Å². The Balaban J connectivity index is 3.10. The maximum atomic E-state index is 12.6. The molecule has 6 heteroatoms. The van der Waals surface area contributed by atoms with Crippen LogP contribution < -0.4 is 0 Å². The van der Waals surface area contributed by atoms with Gasteiger partial charge in [-0.3, -0.25) is 0 Å². The van der Waals surface area contributed by atoms with Crippen LogP contribution in [0.5, 0.6) is 0 Å². The summed E-state index contributed by atoms with van der Waals surface area (Å²) in [5.41, 5.74) is 7.67. The third kappa shape index (κ3) is 3.44. The van der Waals surface area contributed by atoms with E-state index in [2.05, 4.69) is 21.9 Å². The van der Waals surface area contributed by atoms with Crippen LogP contribution in [0.3, 0.4) is 0 Å². The van der Waals surface area contributed by atoms with Crippen LogP contribution in [0.1, 0.15) is 16.7 Å². The van der Waals surface area contributed by atoms with Gasteiger partial charge in [-0.1, -0.05) is 23.0 Å². The van der Waals surface area contributed by atoms with Gasteiger partial charge in [0.25, 0.3) is 0 Å². The highest BCUT2D eigenvalue weighted by Gasteiger charge is 2.32. The summed E-state index contributed by atoms with van der Waals surface area (Å²) in [5.74, 6) is 5.03. The zero-order valence-electron chi connectivity index (χ0n) is 8.91. The van der Waals surface area contributed by atoms with Gasteiger partial charge < -0.3 is 0 Å². The molecule has 0 unspecified atom stereocenters. The lowest BCUT2D eigenvalue weighted by Gasteiger charge is -2.10. The standard InChI is InChI=1S/C11H8F3N3/c1-8-9(5-3-7-16-17-15)4-2-6-10(8)11(12,13)14/h2,4,6H,7H2,1H3. The second-order valence-corrected chi connectivity index (χ2v) is 3.17. The Morgan fingerprint density at radius 2 is 2.12 bits per heavy atom. The van der Waals surface area contributed by atoms with Gasteiger partial charge in [0.15, 0.2) is 0 Å². The molecule has 0 heterocycles. The van der Waals surface area contributed by atoms with Crippen molar-refractivity contribution in [2.45, 2.75) is 13.1 Å². The summed E-state index contributed by atoms with van der Waals surface area (Å²) in [6.45, 7) is 1.30. The molecule has 0 saturated heterocycles. The molecule has 17 heavy (non-hydrogen) atoms.